The van der Waals surface area contributed by atoms with Crippen LogP contribution in [0.3, 0.4) is 0 Å². The summed E-state index contributed by atoms with van der Waals surface area (Å²) in [6.45, 7) is 1.54. The van der Waals surface area contributed by atoms with Gasteiger partial charge in [0.15, 0.2) is 0 Å². The Hall–Kier alpha value is -1.19. The van der Waals surface area contributed by atoms with Gasteiger partial charge in [-0.05, 0) is 36.2 Å². The molecule has 15 heavy (non-hydrogen) atoms. The van der Waals surface area contributed by atoms with Crippen LogP contribution >= 0.6 is 0 Å². The number of nitrogens with one attached hydrogen (secondary N) is 1. The molecule has 0 unspecified atom stereocenters. The molecule has 3 N–H and O–H groups in total. The lowest BCUT2D eigenvalue weighted by molar-refractivity contribution is 0.596. The zero-order valence-electron chi connectivity index (χ0n) is 8.54. The summed E-state index contributed by atoms with van der Waals surface area (Å²) < 4.78 is 12.8. The highest BCUT2D eigenvalue weighted by molar-refractivity contribution is 5.70. The summed E-state index contributed by atoms with van der Waals surface area (Å²) in [6, 6.07) is 6.77. The molecule has 0 bridgehead atoms. The molecule has 1 aliphatic rings. The number of hydrogen-bond donors (Lipinski definition) is 2. The van der Waals surface area contributed by atoms with Gasteiger partial charge in [-0.3, -0.25) is 0 Å². The van der Waals surface area contributed by atoms with Crippen molar-refractivity contribution in [1.82, 2.24) is 5.32 Å². The minimum atomic E-state index is -0.201. The summed E-state index contributed by atoms with van der Waals surface area (Å²) >= 11 is 0. The lowest BCUT2D eigenvalue weighted by atomic mass is 9.95. The first-order chi connectivity index (χ1) is 7.31. The van der Waals surface area contributed by atoms with Crippen LogP contribution in [0.15, 0.2) is 30.3 Å². The third kappa shape index (κ3) is 2.25. The molecule has 0 aliphatic carbocycles. The van der Waals surface area contributed by atoms with Gasteiger partial charge in [0.2, 0.25) is 0 Å². The average Bonchev–Trinajstić information content (AvgIpc) is 2.30. The standard InChI is InChI=1S/C12H15FN2/c13-10-5-3-9(4-6-10)11-2-1-7-15-12(11)8-14/h2-6,12,15H,1,7-8,14H2/t12-/m1/s1. The van der Waals surface area contributed by atoms with Gasteiger partial charge in [-0.25, -0.2) is 4.39 Å². The van der Waals surface area contributed by atoms with Gasteiger partial charge in [0, 0.05) is 12.6 Å². The van der Waals surface area contributed by atoms with E-state index in [0.29, 0.717) is 6.54 Å². The van der Waals surface area contributed by atoms with Crippen molar-refractivity contribution < 1.29 is 4.39 Å². The Morgan fingerprint density at radius 1 is 1.33 bits per heavy atom. The first-order valence-electron chi connectivity index (χ1n) is 5.20. The molecule has 0 saturated heterocycles. The molecule has 0 fully saturated rings. The van der Waals surface area contributed by atoms with Crippen molar-refractivity contribution in [3.05, 3.63) is 41.7 Å². The summed E-state index contributed by atoms with van der Waals surface area (Å²) in [7, 11) is 0. The van der Waals surface area contributed by atoms with Crippen molar-refractivity contribution >= 4 is 5.57 Å². The highest BCUT2D eigenvalue weighted by Gasteiger charge is 2.16. The van der Waals surface area contributed by atoms with Gasteiger partial charge in [-0.2, -0.15) is 0 Å². The molecule has 2 rings (SSSR count). The Morgan fingerprint density at radius 3 is 2.73 bits per heavy atom. The summed E-state index contributed by atoms with van der Waals surface area (Å²) in [5.74, 6) is -0.201. The second kappa shape index (κ2) is 4.55. The van der Waals surface area contributed by atoms with Gasteiger partial charge in [-0.15, -0.1) is 0 Å². The van der Waals surface area contributed by atoms with E-state index in [-0.39, 0.29) is 11.9 Å². The topological polar surface area (TPSA) is 38.0 Å². The fourth-order valence-electron chi connectivity index (χ4n) is 1.91. The van der Waals surface area contributed by atoms with Gasteiger partial charge < -0.3 is 11.1 Å². The van der Waals surface area contributed by atoms with Crippen molar-refractivity contribution in [2.45, 2.75) is 12.5 Å². The van der Waals surface area contributed by atoms with Crippen LogP contribution in [0.2, 0.25) is 0 Å². The zero-order valence-corrected chi connectivity index (χ0v) is 8.54. The number of nitrogens with two attached hydrogens (primary N) is 1. The summed E-state index contributed by atoms with van der Waals surface area (Å²) in [5, 5.41) is 3.34. The van der Waals surface area contributed by atoms with Crippen LogP contribution in [0, 0.1) is 5.82 Å². The van der Waals surface area contributed by atoms with Gasteiger partial charge >= 0.3 is 0 Å². The summed E-state index contributed by atoms with van der Waals surface area (Å²) in [5.41, 5.74) is 7.92. The smallest absolute Gasteiger partial charge is 0.123 e. The molecule has 1 atom stereocenters. The fourth-order valence-corrected chi connectivity index (χ4v) is 1.91. The molecule has 1 aromatic carbocycles. The Labute approximate surface area is 89.0 Å². The van der Waals surface area contributed by atoms with Crippen molar-refractivity contribution in [2.24, 2.45) is 5.73 Å². The van der Waals surface area contributed by atoms with Crippen molar-refractivity contribution in [3.8, 4) is 0 Å². The first kappa shape index (κ1) is 10.3. The molecular formula is C12H15FN2. The highest BCUT2D eigenvalue weighted by atomic mass is 19.1. The maximum absolute atomic E-state index is 12.8. The lowest BCUT2D eigenvalue weighted by Crippen LogP contribution is -2.39. The number of halogens is 1. The monoisotopic (exact) mass is 206 g/mol. The Balaban J connectivity index is 2.28. The minimum absolute atomic E-state index is 0.198. The predicted molar refractivity (Wildman–Crippen MR) is 59.8 cm³/mol. The Bertz CT molecular complexity index is 356. The molecule has 1 aliphatic heterocycles. The van der Waals surface area contributed by atoms with Crippen LogP contribution in [-0.2, 0) is 0 Å². The van der Waals surface area contributed by atoms with Crippen molar-refractivity contribution in [2.75, 3.05) is 13.1 Å². The van der Waals surface area contributed by atoms with Gasteiger partial charge in [0.1, 0.15) is 5.82 Å². The van der Waals surface area contributed by atoms with Crippen LogP contribution in [0.5, 0.6) is 0 Å². The van der Waals surface area contributed by atoms with E-state index in [2.05, 4.69) is 11.4 Å². The Kier molecular flexibility index (Phi) is 3.14. The molecule has 0 amide bonds. The van der Waals surface area contributed by atoms with Crippen molar-refractivity contribution in [1.29, 1.82) is 0 Å². The number of rotatable bonds is 2. The molecule has 0 spiro atoms. The maximum Gasteiger partial charge on any atom is 0.123 e. The molecule has 0 aromatic heterocycles. The van der Waals surface area contributed by atoms with E-state index in [1.807, 2.05) is 0 Å². The van der Waals surface area contributed by atoms with Crippen LogP contribution in [0.25, 0.3) is 5.57 Å². The van der Waals surface area contributed by atoms with Crippen molar-refractivity contribution in [3.63, 3.8) is 0 Å². The maximum atomic E-state index is 12.8. The van der Waals surface area contributed by atoms with E-state index >= 15 is 0 Å². The average molecular weight is 206 g/mol. The second-order valence-corrected chi connectivity index (χ2v) is 3.70. The molecule has 2 nitrogen and oxygen atoms in total. The van der Waals surface area contributed by atoms with E-state index in [1.54, 1.807) is 12.1 Å². The minimum Gasteiger partial charge on any atom is -0.329 e. The van der Waals surface area contributed by atoms with Crippen LogP contribution in [-0.4, -0.2) is 19.1 Å². The van der Waals surface area contributed by atoms with Gasteiger partial charge in [0.05, 0.1) is 0 Å². The molecule has 0 saturated carbocycles. The molecule has 3 heteroatoms. The molecule has 1 aromatic rings. The molecular weight excluding hydrogens is 191 g/mol. The van der Waals surface area contributed by atoms with E-state index < -0.39 is 0 Å². The molecule has 80 valence electrons. The van der Waals surface area contributed by atoms with Gasteiger partial charge in [-0.1, -0.05) is 18.2 Å². The van der Waals surface area contributed by atoms with E-state index in [1.165, 1.54) is 17.7 Å². The summed E-state index contributed by atoms with van der Waals surface area (Å²) in [6.07, 6.45) is 3.18. The van der Waals surface area contributed by atoms with Crippen LogP contribution < -0.4 is 11.1 Å². The largest absolute Gasteiger partial charge is 0.329 e. The molecule has 1 heterocycles. The van der Waals surface area contributed by atoms with E-state index in [4.69, 9.17) is 5.73 Å². The normalized spacial score (nSPS) is 21.2. The fraction of sp³-hybridized carbons (Fsp3) is 0.333. The second-order valence-electron chi connectivity index (χ2n) is 3.70. The number of hydrogen-bond acceptors (Lipinski definition) is 2. The summed E-state index contributed by atoms with van der Waals surface area (Å²) in [4.78, 5) is 0. The van der Waals surface area contributed by atoms with Crippen LogP contribution in [0.1, 0.15) is 12.0 Å². The highest BCUT2D eigenvalue weighted by Crippen LogP contribution is 2.21. The zero-order chi connectivity index (χ0) is 10.7. The molecule has 0 radical (unpaired) electrons. The quantitative estimate of drug-likeness (QED) is 0.770. The predicted octanol–water partition coefficient (Wildman–Crippen LogP) is 1.53. The van der Waals surface area contributed by atoms with E-state index in [9.17, 15) is 4.39 Å². The SMILES string of the molecule is NC[C@H]1NCCC=C1c1ccc(F)cc1. The van der Waals surface area contributed by atoms with E-state index in [0.717, 1.165) is 18.5 Å². The van der Waals surface area contributed by atoms with Gasteiger partial charge in [0.25, 0.3) is 0 Å². The Morgan fingerprint density at radius 2 is 2.07 bits per heavy atom. The van der Waals surface area contributed by atoms with Crippen LogP contribution in [0.4, 0.5) is 4.39 Å². The number of benzene rings is 1. The first-order valence-corrected chi connectivity index (χ1v) is 5.20. The third-order valence-electron chi connectivity index (χ3n) is 2.69. The lowest BCUT2D eigenvalue weighted by Gasteiger charge is -2.24. The third-order valence-corrected chi connectivity index (χ3v) is 2.69.